The van der Waals surface area contributed by atoms with Gasteiger partial charge in [0.2, 0.25) is 0 Å². The number of aromatic nitrogens is 1. The molecule has 3 rings (SSSR count). The van der Waals surface area contributed by atoms with E-state index < -0.39 is 0 Å². The van der Waals surface area contributed by atoms with Crippen LogP contribution in [0.25, 0.3) is 21.0 Å². The molecule has 0 aliphatic carbocycles. The van der Waals surface area contributed by atoms with E-state index in [4.69, 9.17) is 11.5 Å². The lowest BCUT2D eigenvalue weighted by Gasteiger charge is -2.03. The summed E-state index contributed by atoms with van der Waals surface area (Å²) in [5, 5.41) is 4.07. The van der Waals surface area contributed by atoms with Gasteiger partial charge in [0.1, 0.15) is 0 Å². The molecule has 2 aromatic heterocycles. The zero-order valence-electron chi connectivity index (χ0n) is 7.37. The first-order valence-electron chi connectivity index (χ1n) is 4.30. The molecule has 14 heavy (non-hydrogen) atoms. The Morgan fingerprint density at radius 3 is 2.79 bits per heavy atom. The number of rotatable bonds is 0. The van der Waals surface area contributed by atoms with E-state index in [0.717, 1.165) is 32.4 Å². The van der Waals surface area contributed by atoms with Gasteiger partial charge in [0.05, 0.1) is 21.6 Å². The lowest BCUT2D eigenvalue weighted by atomic mass is 10.1. The molecule has 0 saturated carbocycles. The molecule has 3 nitrogen and oxygen atoms in total. The second-order valence-corrected chi connectivity index (χ2v) is 4.17. The highest BCUT2D eigenvalue weighted by atomic mass is 32.1. The first-order valence-corrected chi connectivity index (χ1v) is 5.18. The van der Waals surface area contributed by atoms with Gasteiger partial charge in [0.15, 0.2) is 0 Å². The Labute approximate surface area is 84.3 Å². The van der Waals surface area contributed by atoms with Gasteiger partial charge in [-0.1, -0.05) is 0 Å². The number of benzene rings is 1. The van der Waals surface area contributed by atoms with Crippen molar-refractivity contribution in [2.24, 2.45) is 0 Å². The van der Waals surface area contributed by atoms with E-state index >= 15 is 0 Å². The summed E-state index contributed by atoms with van der Waals surface area (Å²) in [6.45, 7) is 0. The van der Waals surface area contributed by atoms with Gasteiger partial charge >= 0.3 is 0 Å². The smallest absolute Gasteiger partial charge is 0.0715 e. The molecule has 1 aromatic carbocycles. The number of H-pyrrole nitrogens is 1. The number of thiophene rings is 1. The van der Waals surface area contributed by atoms with Crippen LogP contribution in [0.15, 0.2) is 23.7 Å². The molecule has 0 aliphatic rings. The number of hydrogen-bond acceptors (Lipinski definition) is 3. The molecule has 0 radical (unpaired) electrons. The average molecular weight is 203 g/mol. The Morgan fingerprint density at radius 2 is 1.93 bits per heavy atom. The number of nitrogens with two attached hydrogens (primary N) is 2. The normalized spacial score (nSPS) is 11.4. The Bertz CT molecular complexity index is 518. The topological polar surface area (TPSA) is 67.8 Å². The molecule has 0 amide bonds. The minimum atomic E-state index is 0.787. The lowest BCUT2D eigenvalue weighted by Crippen LogP contribution is -1.92. The van der Waals surface area contributed by atoms with Crippen molar-refractivity contribution in [3.8, 4) is 0 Å². The minimum Gasteiger partial charge on any atom is -0.397 e. The molecular formula is C10H9N3S. The third-order valence-corrected chi connectivity index (χ3v) is 3.45. The second kappa shape index (κ2) is 2.42. The number of fused-ring (bicyclic) bond motifs is 2. The SMILES string of the molecule is Nc1c2ccsc2c(N)c2cc[nH]c12. The van der Waals surface area contributed by atoms with Crippen molar-refractivity contribution >= 4 is 43.7 Å². The van der Waals surface area contributed by atoms with Crippen LogP contribution in [0.5, 0.6) is 0 Å². The van der Waals surface area contributed by atoms with E-state index in [-0.39, 0.29) is 0 Å². The summed E-state index contributed by atoms with van der Waals surface area (Å²) in [6.07, 6.45) is 1.86. The van der Waals surface area contributed by atoms with Crippen LogP contribution >= 0.6 is 11.3 Å². The highest BCUT2D eigenvalue weighted by Gasteiger charge is 2.10. The monoisotopic (exact) mass is 203 g/mol. The maximum absolute atomic E-state index is 6.05. The number of aromatic amines is 1. The lowest BCUT2D eigenvalue weighted by molar-refractivity contribution is 1.48. The fourth-order valence-corrected chi connectivity index (χ4v) is 2.69. The molecule has 4 heteroatoms. The number of nitrogens with one attached hydrogen (secondary N) is 1. The van der Waals surface area contributed by atoms with Gasteiger partial charge in [-0.15, -0.1) is 11.3 Å². The quantitative estimate of drug-likeness (QED) is 0.388. The molecule has 0 fully saturated rings. The Balaban J connectivity index is 2.72. The summed E-state index contributed by atoms with van der Waals surface area (Å²) in [5.41, 5.74) is 14.6. The predicted octanol–water partition coefficient (Wildman–Crippen LogP) is 2.55. The highest BCUT2D eigenvalue weighted by Crippen LogP contribution is 2.38. The maximum atomic E-state index is 6.05. The van der Waals surface area contributed by atoms with Crippen LogP contribution in [0.4, 0.5) is 11.4 Å². The van der Waals surface area contributed by atoms with Crippen LogP contribution in [-0.2, 0) is 0 Å². The summed E-state index contributed by atoms with van der Waals surface area (Å²) < 4.78 is 1.08. The van der Waals surface area contributed by atoms with Crippen molar-refractivity contribution < 1.29 is 0 Å². The van der Waals surface area contributed by atoms with Crippen LogP contribution in [-0.4, -0.2) is 4.98 Å². The molecule has 0 saturated heterocycles. The first kappa shape index (κ1) is 7.70. The maximum Gasteiger partial charge on any atom is 0.0715 e. The van der Waals surface area contributed by atoms with Crippen LogP contribution in [0, 0.1) is 0 Å². The zero-order valence-corrected chi connectivity index (χ0v) is 8.19. The van der Waals surface area contributed by atoms with Gasteiger partial charge in [0, 0.05) is 17.0 Å². The zero-order chi connectivity index (χ0) is 9.71. The number of nitrogen functional groups attached to an aromatic ring is 2. The van der Waals surface area contributed by atoms with Crippen molar-refractivity contribution in [2.75, 3.05) is 11.5 Å². The van der Waals surface area contributed by atoms with E-state index in [0.29, 0.717) is 0 Å². The third-order valence-electron chi connectivity index (χ3n) is 2.51. The Morgan fingerprint density at radius 1 is 1.07 bits per heavy atom. The summed E-state index contributed by atoms with van der Waals surface area (Å²) in [6, 6.07) is 3.96. The Hall–Kier alpha value is -1.68. The first-order chi connectivity index (χ1) is 6.79. The van der Waals surface area contributed by atoms with Crippen LogP contribution in [0.2, 0.25) is 0 Å². The fourth-order valence-electron chi connectivity index (χ4n) is 1.80. The molecule has 0 unspecified atom stereocenters. The molecule has 3 aromatic rings. The van der Waals surface area contributed by atoms with Gasteiger partial charge < -0.3 is 16.5 Å². The van der Waals surface area contributed by atoms with Gasteiger partial charge in [0.25, 0.3) is 0 Å². The van der Waals surface area contributed by atoms with E-state index in [2.05, 4.69) is 4.98 Å². The van der Waals surface area contributed by atoms with Crippen molar-refractivity contribution in [1.82, 2.24) is 4.98 Å². The van der Waals surface area contributed by atoms with Gasteiger partial charge in [-0.2, -0.15) is 0 Å². The van der Waals surface area contributed by atoms with Crippen molar-refractivity contribution in [3.05, 3.63) is 23.7 Å². The second-order valence-electron chi connectivity index (χ2n) is 3.26. The highest BCUT2D eigenvalue weighted by molar-refractivity contribution is 7.18. The summed E-state index contributed by atoms with van der Waals surface area (Å²) in [7, 11) is 0. The standard InChI is InChI=1S/C10H9N3S/c11-7-6-2-4-14-10(6)8(12)5-1-3-13-9(5)7/h1-4,13H,11-12H2. The number of hydrogen-bond donors (Lipinski definition) is 3. The van der Waals surface area contributed by atoms with Gasteiger partial charge in [-0.05, 0) is 17.5 Å². The van der Waals surface area contributed by atoms with Gasteiger partial charge in [-0.3, -0.25) is 0 Å². The van der Waals surface area contributed by atoms with Crippen molar-refractivity contribution in [2.45, 2.75) is 0 Å². The molecular weight excluding hydrogens is 194 g/mol. The molecule has 0 spiro atoms. The fraction of sp³-hybridized carbons (Fsp3) is 0. The summed E-state index contributed by atoms with van der Waals surface area (Å²) in [5.74, 6) is 0. The van der Waals surface area contributed by atoms with Crippen molar-refractivity contribution in [3.63, 3.8) is 0 Å². The number of anilines is 2. The van der Waals surface area contributed by atoms with Gasteiger partial charge in [-0.25, -0.2) is 0 Å². The molecule has 0 aliphatic heterocycles. The van der Waals surface area contributed by atoms with E-state index in [1.807, 2.05) is 23.7 Å². The van der Waals surface area contributed by atoms with E-state index in [9.17, 15) is 0 Å². The largest absolute Gasteiger partial charge is 0.397 e. The Kier molecular flexibility index (Phi) is 1.33. The minimum absolute atomic E-state index is 0.787. The molecule has 2 heterocycles. The molecule has 0 atom stereocenters. The van der Waals surface area contributed by atoms with E-state index in [1.54, 1.807) is 11.3 Å². The molecule has 70 valence electrons. The third kappa shape index (κ3) is 0.761. The molecule has 0 bridgehead atoms. The summed E-state index contributed by atoms with van der Waals surface area (Å²) >= 11 is 1.63. The summed E-state index contributed by atoms with van der Waals surface area (Å²) in [4.78, 5) is 3.11. The predicted molar refractivity (Wildman–Crippen MR) is 62.5 cm³/mol. The van der Waals surface area contributed by atoms with Crippen LogP contribution in [0.3, 0.4) is 0 Å². The van der Waals surface area contributed by atoms with Crippen molar-refractivity contribution in [1.29, 1.82) is 0 Å². The van der Waals surface area contributed by atoms with Crippen LogP contribution in [0.1, 0.15) is 0 Å². The average Bonchev–Trinajstić information content (AvgIpc) is 2.82. The molecule has 5 N–H and O–H groups in total. The van der Waals surface area contributed by atoms with E-state index in [1.165, 1.54) is 0 Å². The van der Waals surface area contributed by atoms with Crippen LogP contribution < -0.4 is 11.5 Å².